The molecule has 96 valence electrons. The van der Waals surface area contributed by atoms with E-state index in [2.05, 4.69) is 4.74 Å². The van der Waals surface area contributed by atoms with Crippen molar-refractivity contribution in [1.82, 2.24) is 0 Å². The second-order valence-electron chi connectivity index (χ2n) is 2.99. The summed E-state index contributed by atoms with van der Waals surface area (Å²) in [5.41, 5.74) is 0. The number of carbonyl (C=O) groups excluding carboxylic acids is 1. The van der Waals surface area contributed by atoms with Crippen LogP contribution in [0.1, 0.15) is 0 Å². The maximum atomic E-state index is 13.0. The van der Waals surface area contributed by atoms with Gasteiger partial charge in [0.1, 0.15) is 0 Å². The summed E-state index contributed by atoms with van der Waals surface area (Å²) in [5.74, 6) is -12.4. The molecule has 0 spiro atoms. The molecular weight excluding hydrogens is 362 g/mol. The summed E-state index contributed by atoms with van der Waals surface area (Å²) in [6.07, 6.45) is 0. The first-order chi connectivity index (χ1) is 7.77. The van der Waals surface area contributed by atoms with E-state index in [0.717, 1.165) is 0 Å². The van der Waals surface area contributed by atoms with Crippen LogP contribution in [-0.2, 0) is 0 Å². The first-order valence-electron chi connectivity index (χ1n) is 4.00. The average Bonchev–Trinajstić information content (AvgIpc) is 2.29. The van der Waals surface area contributed by atoms with Gasteiger partial charge in [0.2, 0.25) is 0 Å². The second kappa shape index (κ2) is 5.15. The Bertz CT molecular complexity index is 446. The van der Waals surface area contributed by atoms with E-state index in [-0.39, 0.29) is 0 Å². The molecule has 0 atom stereocenters. The van der Waals surface area contributed by atoms with Gasteiger partial charge in [-0.15, -0.1) is 0 Å². The fraction of sp³-hybridized carbons (Fsp3) is 0.222. The zero-order chi connectivity index (χ0) is 13.3. The third-order valence-corrected chi connectivity index (χ3v) is 3.64. The van der Waals surface area contributed by atoms with Crippen LogP contribution in [0.5, 0.6) is 5.75 Å². The van der Waals surface area contributed by atoms with Crippen molar-refractivity contribution in [3.8, 4) is 5.75 Å². The Morgan fingerprint density at radius 3 is 1.59 bits per heavy atom. The van der Waals surface area contributed by atoms with E-state index < -0.39 is 58.6 Å². The molecule has 0 N–H and O–H groups in total. The first-order valence-corrected chi connectivity index (χ1v) is 9.40. The Hall–Kier alpha value is -0.930. The van der Waals surface area contributed by atoms with Crippen molar-refractivity contribution < 1.29 is 31.5 Å². The van der Waals surface area contributed by atoms with Crippen molar-refractivity contribution in [3.05, 3.63) is 29.1 Å². The second-order valence-corrected chi connectivity index (χ2v) is 8.19. The molecule has 1 aromatic rings. The van der Waals surface area contributed by atoms with Crippen molar-refractivity contribution in [1.29, 1.82) is 0 Å². The number of hydrogen-bond acceptors (Lipinski definition) is 2. The average molecular weight is 368 g/mol. The third kappa shape index (κ3) is 2.67. The molecule has 0 heterocycles. The van der Waals surface area contributed by atoms with Crippen LogP contribution < -0.4 is 4.74 Å². The van der Waals surface area contributed by atoms with Crippen LogP contribution in [0.4, 0.5) is 26.7 Å². The van der Waals surface area contributed by atoms with Gasteiger partial charge in [-0.05, 0) is 0 Å². The van der Waals surface area contributed by atoms with E-state index >= 15 is 0 Å². The zero-order valence-corrected chi connectivity index (χ0v) is 10.7. The molecular formula is C9H6F5IO2. The van der Waals surface area contributed by atoms with Crippen LogP contribution in [0.2, 0.25) is 0 Å². The molecule has 0 bridgehead atoms. The maximum absolute atomic E-state index is 13.0. The molecule has 1 aromatic carbocycles. The van der Waals surface area contributed by atoms with Gasteiger partial charge >= 0.3 is 100.0 Å². The van der Waals surface area contributed by atoms with Crippen LogP contribution in [0.15, 0.2) is 0 Å². The normalized spacial score (nSPS) is 11.4. The molecule has 0 saturated carbocycles. The molecule has 0 aromatic heterocycles. The third-order valence-electron chi connectivity index (χ3n) is 1.66. The Kier molecular flexibility index (Phi) is 4.28. The Morgan fingerprint density at radius 2 is 1.24 bits per heavy atom. The predicted octanol–water partition coefficient (Wildman–Crippen LogP) is 3.65. The summed E-state index contributed by atoms with van der Waals surface area (Å²) in [7, 11) is 0. The van der Waals surface area contributed by atoms with Gasteiger partial charge in [0, 0.05) is 0 Å². The van der Waals surface area contributed by atoms with E-state index in [9.17, 15) is 26.7 Å². The molecule has 0 aliphatic rings. The quantitative estimate of drug-likeness (QED) is 0.199. The number of benzene rings is 1. The minimum atomic E-state index is -2.29. The summed E-state index contributed by atoms with van der Waals surface area (Å²) >= 11 is -2.22. The molecule has 0 saturated heterocycles. The molecule has 0 radical (unpaired) electrons. The Labute approximate surface area is 100 Å². The number of ether oxygens (including phenoxy) is 1. The van der Waals surface area contributed by atoms with Crippen LogP contribution in [0, 0.1) is 29.1 Å². The van der Waals surface area contributed by atoms with E-state index in [1.165, 1.54) is 9.86 Å². The van der Waals surface area contributed by atoms with Gasteiger partial charge in [-0.25, -0.2) is 0 Å². The molecule has 0 aliphatic heterocycles. The van der Waals surface area contributed by atoms with Crippen LogP contribution in [0.3, 0.4) is 0 Å². The number of alkyl halides is 2. The topological polar surface area (TPSA) is 26.3 Å². The summed E-state index contributed by atoms with van der Waals surface area (Å²) in [5, 5.41) is 0. The van der Waals surface area contributed by atoms with Crippen LogP contribution in [-0.4, -0.2) is 13.8 Å². The molecule has 8 heteroatoms. The first kappa shape index (κ1) is 14.1. The van der Waals surface area contributed by atoms with Gasteiger partial charge < -0.3 is 0 Å². The molecule has 17 heavy (non-hydrogen) atoms. The van der Waals surface area contributed by atoms with Gasteiger partial charge in [-0.2, -0.15) is 0 Å². The SMILES string of the molecule is CI(C)C(=O)Oc1c(F)c(F)c(F)c(F)c1F. The van der Waals surface area contributed by atoms with Crippen molar-refractivity contribution >= 4 is 23.8 Å². The summed E-state index contributed by atoms with van der Waals surface area (Å²) in [6, 6.07) is 0. The van der Waals surface area contributed by atoms with Crippen molar-refractivity contribution in [3.63, 3.8) is 0 Å². The molecule has 1 rings (SSSR count). The minimum absolute atomic E-state index is 0.947. The van der Waals surface area contributed by atoms with Gasteiger partial charge in [-0.1, -0.05) is 0 Å². The number of hydrogen-bond donors (Lipinski definition) is 0. The Morgan fingerprint density at radius 1 is 0.882 bits per heavy atom. The van der Waals surface area contributed by atoms with Crippen molar-refractivity contribution in [2.24, 2.45) is 0 Å². The van der Waals surface area contributed by atoms with Gasteiger partial charge in [-0.3, -0.25) is 0 Å². The van der Waals surface area contributed by atoms with Gasteiger partial charge in [0.15, 0.2) is 0 Å². The molecule has 0 unspecified atom stereocenters. The monoisotopic (exact) mass is 368 g/mol. The summed E-state index contributed by atoms with van der Waals surface area (Å²) in [4.78, 5) is 14.1. The molecule has 0 fully saturated rings. The van der Waals surface area contributed by atoms with Crippen LogP contribution in [0.25, 0.3) is 0 Å². The van der Waals surface area contributed by atoms with Crippen molar-refractivity contribution in [2.45, 2.75) is 0 Å². The standard InChI is InChI=1S/C9H6F5IO2/c1-15(2)9(16)17-8-6(13)4(11)3(10)5(12)7(8)14/h1-2H3. The van der Waals surface area contributed by atoms with E-state index in [1.54, 1.807) is 0 Å². The number of rotatable bonds is 2. The predicted molar refractivity (Wildman–Crippen MR) is 58.1 cm³/mol. The molecule has 0 aliphatic carbocycles. The molecule has 0 amide bonds. The Balaban J connectivity index is 3.30. The fourth-order valence-electron chi connectivity index (χ4n) is 0.832. The van der Waals surface area contributed by atoms with Crippen molar-refractivity contribution in [2.75, 3.05) is 9.86 Å². The van der Waals surface area contributed by atoms with E-state index in [4.69, 9.17) is 0 Å². The van der Waals surface area contributed by atoms with E-state index in [0.29, 0.717) is 0 Å². The summed E-state index contributed by atoms with van der Waals surface area (Å²) in [6.45, 7) is 0. The zero-order valence-electron chi connectivity index (χ0n) is 8.58. The number of halogens is 6. The summed E-state index contributed by atoms with van der Waals surface area (Å²) < 4.78 is 67.4. The van der Waals surface area contributed by atoms with Gasteiger partial charge in [0.25, 0.3) is 0 Å². The number of carbonyl (C=O) groups is 1. The van der Waals surface area contributed by atoms with Crippen LogP contribution >= 0.6 is 19.8 Å². The van der Waals surface area contributed by atoms with Gasteiger partial charge in [0.05, 0.1) is 0 Å². The van der Waals surface area contributed by atoms with E-state index in [1.807, 2.05) is 0 Å². The fourth-order valence-corrected chi connectivity index (χ4v) is 1.49. The molecule has 2 nitrogen and oxygen atoms in total.